The molecule has 0 saturated carbocycles. The molecular weight excluding hydrogens is 937 g/mol. The molecule has 0 amide bonds. The van der Waals surface area contributed by atoms with Crippen molar-refractivity contribution in [1.82, 2.24) is 0 Å². The van der Waals surface area contributed by atoms with Crippen molar-refractivity contribution in [2.45, 2.75) is 105 Å². The highest BCUT2D eigenvalue weighted by Crippen LogP contribution is 2.26. The average molecular weight is 1000 g/mol. The molecule has 2 aliphatic heterocycles. The number of benzene rings is 4. The first-order chi connectivity index (χ1) is 34.7. The van der Waals surface area contributed by atoms with E-state index in [4.69, 9.17) is 38.9 Å². The standard InChI is InChI=1S/C58H64N8O8/c1-55(2,3)71-45(67)33-21-37-13-25-41(26-14-37)59-49-50(60-42-27-15-38(16-28-42)22-34-46(68)72-56(4,5)6)64-53(63-49)54-65-51(61-43-29-17-39(18-30-43)23-35-47(69)73-57(7,8)9)52(66-54)62-44-31-19-40(20-32-44)24-36-48(70)74-58(10,11)12/h13-36H,1-12H3,(H,59,63)(H,60,64)(H,61,65)(H,62,66). The molecule has 0 atom stereocenters. The number of esters is 4. The van der Waals surface area contributed by atoms with E-state index in [9.17, 15) is 19.2 Å². The van der Waals surface area contributed by atoms with Gasteiger partial charge in [-0.3, -0.25) is 0 Å². The van der Waals surface area contributed by atoms with Crippen LogP contribution in [0.3, 0.4) is 0 Å². The molecule has 2 heterocycles. The van der Waals surface area contributed by atoms with Gasteiger partial charge in [-0.1, -0.05) is 48.5 Å². The molecule has 0 unspecified atom stereocenters. The topological polar surface area (TPSA) is 203 Å². The maximum Gasteiger partial charge on any atom is 0.331 e. The van der Waals surface area contributed by atoms with E-state index in [2.05, 4.69) is 21.3 Å². The van der Waals surface area contributed by atoms with Gasteiger partial charge < -0.3 is 40.2 Å². The van der Waals surface area contributed by atoms with Gasteiger partial charge in [0.1, 0.15) is 22.4 Å². The number of rotatable bonds is 12. The van der Waals surface area contributed by atoms with E-state index >= 15 is 0 Å². The Morgan fingerprint density at radius 3 is 0.662 bits per heavy atom. The molecule has 384 valence electrons. The number of hydrogen-bond acceptors (Lipinski definition) is 16. The molecule has 4 aromatic rings. The Kier molecular flexibility index (Phi) is 17.2. The van der Waals surface area contributed by atoms with Gasteiger partial charge in [0.25, 0.3) is 0 Å². The molecule has 0 aliphatic carbocycles. The number of carbonyl (C=O) groups excluding carboxylic acids is 4. The number of anilines is 4. The second kappa shape index (κ2) is 23.3. The molecule has 0 bridgehead atoms. The first kappa shape index (κ1) is 54.7. The fourth-order valence-corrected chi connectivity index (χ4v) is 6.49. The normalized spacial score (nSPS) is 14.2. The lowest BCUT2D eigenvalue weighted by atomic mass is 10.1. The molecule has 4 aromatic carbocycles. The zero-order valence-electron chi connectivity index (χ0n) is 43.9. The molecule has 16 heteroatoms. The summed E-state index contributed by atoms with van der Waals surface area (Å²) < 4.78 is 21.6. The summed E-state index contributed by atoms with van der Waals surface area (Å²) in [4.78, 5) is 68.9. The van der Waals surface area contributed by atoms with Crippen molar-refractivity contribution in [3.05, 3.63) is 155 Å². The number of hydrogen-bond donors (Lipinski definition) is 4. The van der Waals surface area contributed by atoms with Crippen LogP contribution in [-0.2, 0) is 38.1 Å². The summed E-state index contributed by atoms with van der Waals surface area (Å²) in [5, 5.41) is 13.5. The summed E-state index contributed by atoms with van der Waals surface area (Å²) in [7, 11) is 0. The van der Waals surface area contributed by atoms with E-state index in [1.54, 1.807) is 24.3 Å². The molecule has 0 spiro atoms. The van der Waals surface area contributed by atoms with Crippen LogP contribution in [0.15, 0.2) is 153 Å². The summed E-state index contributed by atoms with van der Waals surface area (Å²) in [6.07, 6.45) is 12.3. The van der Waals surface area contributed by atoms with Crippen LogP contribution in [0.25, 0.3) is 24.3 Å². The van der Waals surface area contributed by atoms with Crippen LogP contribution >= 0.6 is 0 Å². The molecule has 16 nitrogen and oxygen atoms in total. The number of aliphatic imine (C=N–C) groups is 4. The zero-order valence-corrected chi connectivity index (χ0v) is 43.9. The summed E-state index contributed by atoms with van der Waals surface area (Å²) in [5.41, 5.74) is 3.37. The minimum Gasteiger partial charge on any atom is -0.457 e. The number of nitrogens with zero attached hydrogens (tertiary/aromatic N) is 4. The van der Waals surface area contributed by atoms with Crippen LogP contribution in [0.4, 0.5) is 22.7 Å². The van der Waals surface area contributed by atoms with Crippen molar-refractivity contribution in [3.8, 4) is 0 Å². The Bertz CT molecular complexity index is 2600. The third kappa shape index (κ3) is 18.5. The SMILES string of the molecule is CC(C)(C)OC(=O)C=Cc1ccc(NC2=NC(=C3N=C(Nc4ccc(C=CC(=O)OC(C)(C)C)cc4)C(Nc4ccc(C=CC(=O)OC(C)(C)C)cc4)=N3)N=C2Nc2ccc(C=CC(=O)OC(C)(C)C)cc2)cc1. The Labute approximate surface area is 432 Å². The van der Waals surface area contributed by atoms with E-state index < -0.39 is 46.3 Å². The van der Waals surface area contributed by atoms with Crippen LogP contribution in [-0.4, -0.2) is 69.6 Å². The lowest BCUT2D eigenvalue weighted by Crippen LogP contribution is -2.27. The first-order valence-corrected chi connectivity index (χ1v) is 23.9. The maximum atomic E-state index is 12.3. The van der Waals surface area contributed by atoms with E-state index in [-0.39, 0.29) is 11.6 Å². The number of nitrogens with one attached hydrogen (secondary N) is 4. The lowest BCUT2D eigenvalue weighted by molar-refractivity contribution is -0.149. The van der Waals surface area contributed by atoms with Crippen molar-refractivity contribution in [1.29, 1.82) is 0 Å². The van der Waals surface area contributed by atoms with Crippen molar-refractivity contribution in [2.24, 2.45) is 20.0 Å². The van der Waals surface area contributed by atoms with Crippen molar-refractivity contribution < 1.29 is 38.1 Å². The third-order valence-corrected chi connectivity index (χ3v) is 9.49. The van der Waals surface area contributed by atoms with Crippen LogP contribution in [0.5, 0.6) is 0 Å². The van der Waals surface area contributed by atoms with Crippen LogP contribution < -0.4 is 21.3 Å². The highest BCUT2D eigenvalue weighted by atomic mass is 16.6. The molecular formula is C58H64N8O8. The van der Waals surface area contributed by atoms with E-state index in [1.807, 2.05) is 180 Å². The highest BCUT2D eigenvalue weighted by Gasteiger charge is 2.26. The number of carbonyl (C=O) groups is 4. The molecule has 0 fully saturated rings. The van der Waals surface area contributed by atoms with Gasteiger partial charge in [0, 0.05) is 47.1 Å². The average Bonchev–Trinajstić information content (AvgIpc) is 3.88. The maximum absolute atomic E-state index is 12.3. The number of amidine groups is 4. The summed E-state index contributed by atoms with van der Waals surface area (Å²) in [6.45, 7) is 21.7. The largest absolute Gasteiger partial charge is 0.457 e. The summed E-state index contributed by atoms with van der Waals surface area (Å²) in [5.74, 6) is 0.0774. The Hall–Kier alpha value is -8.66. The fourth-order valence-electron chi connectivity index (χ4n) is 6.49. The molecule has 6 rings (SSSR count). The minimum absolute atomic E-state index is 0.199. The van der Waals surface area contributed by atoms with Gasteiger partial charge in [-0.2, -0.15) is 0 Å². The van der Waals surface area contributed by atoms with E-state index in [1.165, 1.54) is 24.3 Å². The molecule has 0 aromatic heterocycles. The summed E-state index contributed by atoms with van der Waals surface area (Å²) in [6, 6.07) is 29.6. The van der Waals surface area contributed by atoms with Crippen LogP contribution in [0.2, 0.25) is 0 Å². The van der Waals surface area contributed by atoms with Gasteiger partial charge in [-0.25, -0.2) is 39.1 Å². The number of ether oxygens (including phenoxy) is 4. The summed E-state index contributed by atoms with van der Waals surface area (Å²) >= 11 is 0. The quantitative estimate of drug-likeness (QED) is 0.0595. The molecule has 0 saturated heterocycles. The smallest absolute Gasteiger partial charge is 0.331 e. The molecule has 2 aliphatic rings. The zero-order chi connectivity index (χ0) is 53.8. The van der Waals surface area contributed by atoms with E-state index in [0.717, 1.165) is 22.3 Å². The van der Waals surface area contributed by atoms with Gasteiger partial charge in [0.05, 0.1) is 0 Å². The Balaban J connectivity index is 1.32. The van der Waals surface area contributed by atoms with Gasteiger partial charge in [0.2, 0.25) is 11.6 Å². The van der Waals surface area contributed by atoms with Crippen LogP contribution in [0, 0.1) is 0 Å². The van der Waals surface area contributed by atoms with Crippen molar-refractivity contribution >= 4 is 94.3 Å². The second-order valence-corrected chi connectivity index (χ2v) is 20.9. The molecule has 74 heavy (non-hydrogen) atoms. The van der Waals surface area contributed by atoms with Gasteiger partial charge in [-0.05, 0) is 178 Å². The fraction of sp³-hybridized carbons (Fsp3) is 0.276. The van der Waals surface area contributed by atoms with E-state index in [0.29, 0.717) is 46.1 Å². The van der Waals surface area contributed by atoms with Gasteiger partial charge in [0.15, 0.2) is 23.3 Å². The van der Waals surface area contributed by atoms with Crippen molar-refractivity contribution in [2.75, 3.05) is 21.3 Å². The molecule has 0 radical (unpaired) electrons. The predicted molar refractivity (Wildman–Crippen MR) is 297 cm³/mol. The van der Waals surface area contributed by atoms with Crippen LogP contribution in [0.1, 0.15) is 105 Å². The first-order valence-electron chi connectivity index (χ1n) is 23.9. The highest BCUT2D eigenvalue weighted by molar-refractivity contribution is 6.51. The Morgan fingerprint density at radius 2 is 0.500 bits per heavy atom. The third-order valence-electron chi connectivity index (χ3n) is 9.49. The lowest BCUT2D eigenvalue weighted by Gasteiger charge is -2.17. The predicted octanol–water partition coefficient (Wildman–Crippen LogP) is 11.6. The Morgan fingerprint density at radius 1 is 0.324 bits per heavy atom. The molecule has 4 N–H and O–H groups in total. The second-order valence-electron chi connectivity index (χ2n) is 20.9. The van der Waals surface area contributed by atoms with Gasteiger partial charge >= 0.3 is 23.9 Å². The van der Waals surface area contributed by atoms with Crippen molar-refractivity contribution in [3.63, 3.8) is 0 Å². The minimum atomic E-state index is -0.612. The van der Waals surface area contributed by atoms with Gasteiger partial charge in [-0.15, -0.1) is 0 Å². The monoisotopic (exact) mass is 1000 g/mol.